The van der Waals surface area contributed by atoms with E-state index in [2.05, 4.69) is 11.4 Å². The molecule has 1 N–H and O–H groups in total. The molecule has 2 saturated carbocycles. The van der Waals surface area contributed by atoms with Crippen molar-refractivity contribution in [2.24, 2.45) is 5.92 Å². The third-order valence-corrected chi connectivity index (χ3v) is 10.0. The summed E-state index contributed by atoms with van der Waals surface area (Å²) in [6.07, 6.45) is -0.292. The summed E-state index contributed by atoms with van der Waals surface area (Å²) in [7, 11) is -3.15. The van der Waals surface area contributed by atoms with Crippen LogP contribution in [0.25, 0.3) is 22.7 Å². The van der Waals surface area contributed by atoms with Gasteiger partial charge in [0.15, 0.2) is 9.84 Å². The van der Waals surface area contributed by atoms with Crippen molar-refractivity contribution in [2.45, 2.75) is 49.5 Å². The van der Waals surface area contributed by atoms with E-state index in [1.54, 1.807) is 12.1 Å². The van der Waals surface area contributed by atoms with Crippen molar-refractivity contribution in [3.05, 3.63) is 60.1 Å². The van der Waals surface area contributed by atoms with Crippen molar-refractivity contribution in [1.82, 2.24) is 10.3 Å². The predicted molar refractivity (Wildman–Crippen MR) is 149 cm³/mol. The van der Waals surface area contributed by atoms with Gasteiger partial charge in [-0.1, -0.05) is 18.2 Å². The van der Waals surface area contributed by atoms with Crippen LogP contribution in [0.2, 0.25) is 0 Å². The van der Waals surface area contributed by atoms with Crippen molar-refractivity contribution < 1.29 is 30.8 Å². The molecule has 1 saturated heterocycles. The summed E-state index contributed by atoms with van der Waals surface area (Å²) in [5.74, 6) is -5.72. The van der Waals surface area contributed by atoms with E-state index in [1.807, 2.05) is 17.0 Å². The lowest BCUT2D eigenvalue weighted by atomic mass is 9.74. The number of hydrogen-bond donors (Lipinski definition) is 1. The first-order valence-corrected chi connectivity index (χ1v) is 15.7. The van der Waals surface area contributed by atoms with Gasteiger partial charge in [0.2, 0.25) is 17.7 Å². The maximum Gasteiger partial charge on any atom is 0.249 e. The van der Waals surface area contributed by atoms with Crippen LogP contribution in [-0.4, -0.2) is 55.4 Å². The Morgan fingerprint density at radius 2 is 1.76 bits per heavy atom. The van der Waals surface area contributed by atoms with E-state index in [0.717, 1.165) is 0 Å². The second-order valence-corrected chi connectivity index (χ2v) is 13.7. The molecule has 3 aliphatic rings. The molecule has 0 radical (unpaired) electrons. The normalized spacial score (nSPS) is 24.0. The SMILES string of the molecule is N#CC1(NC(=O)[C@@H]2CC(F)(F)CC[C@H]2c2oc(-c3ccc(F)cc3)nc2-c2ccccc2N2CCS(=O)(=O)CC2)CC1. The molecule has 42 heavy (non-hydrogen) atoms. The lowest BCUT2D eigenvalue weighted by Crippen LogP contribution is -2.45. The number of nitrogens with zero attached hydrogens (tertiary/aromatic N) is 3. The van der Waals surface area contributed by atoms with E-state index in [4.69, 9.17) is 9.40 Å². The highest BCUT2D eigenvalue weighted by atomic mass is 32.2. The number of rotatable bonds is 6. The number of alkyl halides is 2. The van der Waals surface area contributed by atoms with Crippen LogP contribution in [0.5, 0.6) is 0 Å². The number of benzene rings is 2. The molecule has 0 spiro atoms. The summed E-state index contributed by atoms with van der Waals surface area (Å²) in [5, 5.41) is 12.2. The van der Waals surface area contributed by atoms with Crippen molar-refractivity contribution >= 4 is 21.4 Å². The molecular formula is C30H29F3N4O4S. The van der Waals surface area contributed by atoms with Crippen molar-refractivity contribution in [3.63, 3.8) is 0 Å². The highest BCUT2D eigenvalue weighted by Gasteiger charge is 2.51. The van der Waals surface area contributed by atoms with Gasteiger partial charge in [-0.2, -0.15) is 5.26 Å². The van der Waals surface area contributed by atoms with Crippen LogP contribution < -0.4 is 10.2 Å². The third kappa shape index (κ3) is 5.62. The lowest BCUT2D eigenvalue weighted by molar-refractivity contribution is -0.134. The van der Waals surface area contributed by atoms with Crippen molar-refractivity contribution in [1.29, 1.82) is 5.26 Å². The fourth-order valence-corrected chi connectivity index (χ4v) is 7.04. The molecule has 12 heteroatoms. The van der Waals surface area contributed by atoms with Gasteiger partial charge in [0.1, 0.15) is 22.8 Å². The minimum Gasteiger partial charge on any atom is -0.440 e. The van der Waals surface area contributed by atoms with Gasteiger partial charge in [0.05, 0.1) is 23.5 Å². The zero-order valence-electron chi connectivity index (χ0n) is 22.7. The number of para-hydroxylation sites is 1. The molecule has 3 aromatic rings. The molecular weight excluding hydrogens is 569 g/mol. The Morgan fingerprint density at radius 1 is 1.07 bits per heavy atom. The van der Waals surface area contributed by atoms with Crippen LogP contribution in [-0.2, 0) is 14.6 Å². The first-order valence-electron chi connectivity index (χ1n) is 13.9. The van der Waals surface area contributed by atoms with E-state index in [9.17, 15) is 31.6 Å². The summed E-state index contributed by atoms with van der Waals surface area (Å²) in [6, 6.07) is 14.8. The molecule has 0 unspecified atom stereocenters. The molecule has 0 bridgehead atoms. The maximum atomic E-state index is 14.8. The lowest BCUT2D eigenvalue weighted by Gasteiger charge is -2.35. The van der Waals surface area contributed by atoms with Gasteiger partial charge in [-0.3, -0.25) is 4.79 Å². The summed E-state index contributed by atoms with van der Waals surface area (Å²) in [6.45, 7) is 0.544. The van der Waals surface area contributed by atoms with Crippen LogP contribution in [0.3, 0.4) is 0 Å². The number of aromatic nitrogens is 1. The first kappa shape index (κ1) is 28.3. The smallest absolute Gasteiger partial charge is 0.249 e. The quantitative estimate of drug-likeness (QED) is 0.421. The number of anilines is 1. The molecule has 1 aliphatic heterocycles. The van der Waals surface area contributed by atoms with Gasteiger partial charge in [-0.05, 0) is 49.6 Å². The number of carbonyl (C=O) groups excluding carboxylic acids is 1. The topological polar surface area (TPSA) is 116 Å². The fraction of sp³-hybridized carbons (Fsp3) is 0.433. The molecule has 2 aromatic carbocycles. The number of nitrogens with one attached hydrogen (secondary N) is 1. The Labute approximate surface area is 241 Å². The molecule has 2 heterocycles. The van der Waals surface area contributed by atoms with Gasteiger partial charge in [0.25, 0.3) is 0 Å². The van der Waals surface area contributed by atoms with Gasteiger partial charge in [0, 0.05) is 48.7 Å². The summed E-state index contributed by atoms with van der Waals surface area (Å²) < 4.78 is 73.7. The predicted octanol–water partition coefficient (Wildman–Crippen LogP) is 5.07. The molecule has 8 nitrogen and oxygen atoms in total. The van der Waals surface area contributed by atoms with Gasteiger partial charge in [-0.25, -0.2) is 26.6 Å². The largest absolute Gasteiger partial charge is 0.440 e. The minimum absolute atomic E-state index is 0.00552. The molecule has 220 valence electrons. The molecule has 6 rings (SSSR count). The minimum atomic E-state index is -3.15. The average Bonchev–Trinajstić information content (AvgIpc) is 3.60. The van der Waals surface area contributed by atoms with Gasteiger partial charge in [-0.15, -0.1) is 0 Å². The Bertz CT molecular complexity index is 1650. The number of nitriles is 1. The molecule has 1 amide bonds. The first-order chi connectivity index (χ1) is 20.0. The monoisotopic (exact) mass is 598 g/mol. The van der Waals surface area contributed by atoms with Crippen LogP contribution in [0.15, 0.2) is 52.9 Å². The van der Waals surface area contributed by atoms with E-state index in [-0.39, 0.29) is 42.7 Å². The average molecular weight is 599 g/mol. The molecule has 2 aliphatic carbocycles. The zero-order chi connectivity index (χ0) is 29.7. The maximum absolute atomic E-state index is 14.8. The van der Waals surface area contributed by atoms with Crippen LogP contribution >= 0.6 is 0 Å². The second kappa shape index (κ2) is 10.5. The summed E-state index contributed by atoms with van der Waals surface area (Å²) >= 11 is 0. The third-order valence-electron chi connectivity index (χ3n) is 8.41. The Hall–Kier alpha value is -3.85. The van der Waals surface area contributed by atoms with Crippen LogP contribution in [0, 0.1) is 23.1 Å². The highest BCUT2D eigenvalue weighted by molar-refractivity contribution is 7.91. The second-order valence-electron chi connectivity index (χ2n) is 11.4. The standard InChI is InChI=1S/C30H29F3N4O4S/c31-20-7-5-19(6-8-20)28-35-25(22-3-1-2-4-24(22)37-13-15-42(39,40)16-14-37)26(41-28)21-9-10-30(32,33)17-23(21)27(38)36-29(18-34)11-12-29/h1-8,21,23H,9-17H2,(H,36,38)/t21-,23-/m1/s1. The number of carbonyl (C=O) groups is 1. The number of sulfone groups is 1. The number of hydrogen-bond acceptors (Lipinski definition) is 7. The summed E-state index contributed by atoms with van der Waals surface area (Å²) in [5.41, 5.74) is 1.10. The van der Waals surface area contributed by atoms with E-state index in [0.29, 0.717) is 35.3 Å². The van der Waals surface area contributed by atoms with Crippen LogP contribution in [0.1, 0.15) is 43.8 Å². The Balaban J connectivity index is 1.45. The van der Waals surface area contributed by atoms with Crippen LogP contribution in [0.4, 0.5) is 18.9 Å². The van der Waals surface area contributed by atoms with E-state index >= 15 is 0 Å². The van der Waals surface area contributed by atoms with Crippen molar-refractivity contribution in [3.8, 4) is 28.8 Å². The van der Waals surface area contributed by atoms with Gasteiger partial charge >= 0.3 is 0 Å². The van der Waals surface area contributed by atoms with E-state index in [1.165, 1.54) is 24.3 Å². The zero-order valence-corrected chi connectivity index (χ0v) is 23.5. The Kier molecular flexibility index (Phi) is 7.04. The Morgan fingerprint density at radius 3 is 2.43 bits per heavy atom. The summed E-state index contributed by atoms with van der Waals surface area (Å²) in [4.78, 5) is 20.2. The number of halogens is 3. The van der Waals surface area contributed by atoms with Gasteiger partial charge < -0.3 is 14.6 Å². The number of oxazole rings is 1. The van der Waals surface area contributed by atoms with Crippen molar-refractivity contribution in [2.75, 3.05) is 29.5 Å². The molecule has 1 aromatic heterocycles. The fourth-order valence-electron chi connectivity index (χ4n) is 5.84. The highest BCUT2D eigenvalue weighted by Crippen LogP contribution is 2.50. The molecule has 3 fully saturated rings. The molecule has 2 atom stereocenters. The number of amides is 1. The van der Waals surface area contributed by atoms with E-state index < -0.39 is 57.7 Å².